The van der Waals surface area contributed by atoms with Gasteiger partial charge in [-0.2, -0.15) is 0 Å². The maximum absolute atomic E-state index is 5.99. The summed E-state index contributed by atoms with van der Waals surface area (Å²) < 4.78 is 7.56. The summed E-state index contributed by atoms with van der Waals surface area (Å²) in [5.74, 6) is 2.32. The summed E-state index contributed by atoms with van der Waals surface area (Å²) in [6, 6.07) is 10.0. The molecule has 92 valence electrons. The largest absolute Gasteiger partial charge is 0.464 e. The third-order valence-electron chi connectivity index (χ3n) is 3.12. The molecule has 3 rings (SSSR count). The number of furan rings is 1. The molecule has 0 aliphatic heterocycles. The maximum Gasteiger partial charge on any atom is 0.201 e. The molecular formula is C14H15N3O. The van der Waals surface area contributed by atoms with Crippen LogP contribution in [-0.2, 0) is 6.54 Å². The molecule has 1 aromatic carbocycles. The molecule has 0 atom stereocenters. The summed E-state index contributed by atoms with van der Waals surface area (Å²) in [6.45, 7) is 4.58. The van der Waals surface area contributed by atoms with Gasteiger partial charge < -0.3 is 14.7 Å². The lowest BCUT2D eigenvalue weighted by Gasteiger charge is -2.04. The second-order valence-corrected chi connectivity index (χ2v) is 4.51. The monoisotopic (exact) mass is 241 g/mol. The second kappa shape index (κ2) is 3.91. The minimum atomic E-state index is 0.522. The molecule has 0 fully saturated rings. The van der Waals surface area contributed by atoms with E-state index >= 15 is 0 Å². The fourth-order valence-corrected chi connectivity index (χ4v) is 2.20. The van der Waals surface area contributed by atoms with Crippen molar-refractivity contribution in [3.8, 4) is 0 Å². The Morgan fingerprint density at radius 3 is 2.78 bits per heavy atom. The number of nitrogens with two attached hydrogens (primary N) is 1. The van der Waals surface area contributed by atoms with E-state index < -0.39 is 0 Å². The van der Waals surface area contributed by atoms with Gasteiger partial charge in [0, 0.05) is 0 Å². The van der Waals surface area contributed by atoms with Crippen molar-refractivity contribution in [1.29, 1.82) is 0 Å². The number of hydrogen-bond acceptors (Lipinski definition) is 3. The normalized spacial score (nSPS) is 11.2. The average molecular weight is 241 g/mol. The van der Waals surface area contributed by atoms with Crippen LogP contribution in [0.3, 0.4) is 0 Å². The Hall–Kier alpha value is -2.23. The van der Waals surface area contributed by atoms with E-state index in [0.717, 1.165) is 28.1 Å². The molecule has 3 aromatic rings. The first kappa shape index (κ1) is 10.9. The molecule has 0 saturated carbocycles. The number of rotatable bonds is 2. The SMILES string of the molecule is Cc1ccc(Cn2c(N)nc3c(C)cccc32)o1. The van der Waals surface area contributed by atoms with Gasteiger partial charge >= 0.3 is 0 Å². The van der Waals surface area contributed by atoms with Crippen LogP contribution >= 0.6 is 0 Å². The van der Waals surface area contributed by atoms with Crippen molar-refractivity contribution in [3.05, 3.63) is 47.4 Å². The molecule has 2 heterocycles. The average Bonchev–Trinajstić information content (AvgIpc) is 2.87. The second-order valence-electron chi connectivity index (χ2n) is 4.51. The highest BCUT2D eigenvalue weighted by Crippen LogP contribution is 2.22. The molecule has 18 heavy (non-hydrogen) atoms. The Labute approximate surface area is 105 Å². The maximum atomic E-state index is 5.99. The fraction of sp³-hybridized carbons (Fsp3) is 0.214. The molecule has 4 heteroatoms. The van der Waals surface area contributed by atoms with Gasteiger partial charge in [0.15, 0.2) is 0 Å². The number of hydrogen-bond donors (Lipinski definition) is 1. The van der Waals surface area contributed by atoms with Crippen molar-refractivity contribution in [1.82, 2.24) is 9.55 Å². The molecule has 0 saturated heterocycles. The van der Waals surface area contributed by atoms with Crippen LogP contribution < -0.4 is 5.73 Å². The molecule has 0 spiro atoms. The highest BCUT2D eigenvalue weighted by Gasteiger charge is 2.11. The van der Waals surface area contributed by atoms with E-state index in [4.69, 9.17) is 10.2 Å². The van der Waals surface area contributed by atoms with Crippen LogP contribution in [0.4, 0.5) is 5.95 Å². The number of imidazole rings is 1. The summed E-state index contributed by atoms with van der Waals surface area (Å²) >= 11 is 0. The summed E-state index contributed by atoms with van der Waals surface area (Å²) in [5, 5.41) is 0. The van der Waals surface area contributed by atoms with E-state index in [1.54, 1.807) is 0 Å². The molecule has 0 amide bonds. The molecule has 4 nitrogen and oxygen atoms in total. The van der Waals surface area contributed by atoms with Gasteiger partial charge in [-0.1, -0.05) is 12.1 Å². The van der Waals surface area contributed by atoms with Crippen LogP contribution in [0.2, 0.25) is 0 Å². The lowest BCUT2D eigenvalue weighted by atomic mass is 10.2. The molecule has 2 aromatic heterocycles. The van der Waals surface area contributed by atoms with Gasteiger partial charge in [-0.15, -0.1) is 0 Å². The number of benzene rings is 1. The van der Waals surface area contributed by atoms with E-state index in [-0.39, 0.29) is 0 Å². The third kappa shape index (κ3) is 1.66. The topological polar surface area (TPSA) is 57.0 Å². The first-order valence-corrected chi connectivity index (χ1v) is 5.92. The van der Waals surface area contributed by atoms with Crippen molar-refractivity contribution in [2.24, 2.45) is 0 Å². The van der Waals surface area contributed by atoms with Crippen molar-refractivity contribution in [2.45, 2.75) is 20.4 Å². The standard InChI is InChI=1S/C14H15N3O/c1-9-4-3-5-12-13(9)16-14(15)17(12)8-11-7-6-10(2)18-11/h3-7H,8H2,1-2H3,(H2,15,16). The number of anilines is 1. The summed E-state index contributed by atoms with van der Waals surface area (Å²) in [6.07, 6.45) is 0. The van der Waals surface area contributed by atoms with Crippen molar-refractivity contribution < 1.29 is 4.42 Å². The van der Waals surface area contributed by atoms with E-state index in [9.17, 15) is 0 Å². The number of nitrogen functional groups attached to an aromatic ring is 1. The Bertz CT molecular complexity index is 709. The number of nitrogens with zero attached hydrogens (tertiary/aromatic N) is 2. The Morgan fingerprint density at radius 2 is 2.06 bits per heavy atom. The zero-order valence-corrected chi connectivity index (χ0v) is 10.5. The van der Waals surface area contributed by atoms with Gasteiger partial charge in [0.1, 0.15) is 11.5 Å². The smallest absolute Gasteiger partial charge is 0.201 e. The Morgan fingerprint density at radius 1 is 1.22 bits per heavy atom. The minimum absolute atomic E-state index is 0.522. The van der Waals surface area contributed by atoms with E-state index in [1.165, 1.54) is 0 Å². The van der Waals surface area contributed by atoms with E-state index in [2.05, 4.69) is 4.98 Å². The first-order valence-electron chi connectivity index (χ1n) is 5.92. The van der Waals surface area contributed by atoms with Crippen molar-refractivity contribution in [2.75, 3.05) is 5.73 Å². The molecule has 2 N–H and O–H groups in total. The van der Waals surface area contributed by atoms with Gasteiger partial charge in [0.05, 0.1) is 17.6 Å². The molecule has 0 aliphatic rings. The van der Waals surface area contributed by atoms with Crippen LogP contribution in [0.25, 0.3) is 11.0 Å². The van der Waals surface area contributed by atoms with Gasteiger partial charge in [-0.25, -0.2) is 4.98 Å². The summed E-state index contributed by atoms with van der Waals surface area (Å²) in [5.41, 5.74) is 9.12. The van der Waals surface area contributed by atoms with Gasteiger partial charge in [-0.05, 0) is 37.6 Å². The van der Waals surface area contributed by atoms with Crippen LogP contribution in [0.5, 0.6) is 0 Å². The third-order valence-corrected chi connectivity index (χ3v) is 3.12. The lowest BCUT2D eigenvalue weighted by molar-refractivity contribution is 0.473. The Kier molecular flexibility index (Phi) is 2.37. The highest BCUT2D eigenvalue weighted by molar-refractivity contribution is 5.81. The van der Waals surface area contributed by atoms with Crippen molar-refractivity contribution >= 4 is 17.0 Å². The first-order chi connectivity index (χ1) is 8.65. The van der Waals surface area contributed by atoms with Gasteiger partial charge in [0.25, 0.3) is 0 Å². The minimum Gasteiger partial charge on any atom is -0.464 e. The molecular weight excluding hydrogens is 226 g/mol. The number of aryl methyl sites for hydroxylation is 2. The highest BCUT2D eigenvalue weighted by atomic mass is 16.3. The van der Waals surface area contributed by atoms with Gasteiger partial charge in [-0.3, -0.25) is 0 Å². The summed E-state index contributed by atoms with van der Waals surface area (Å²) in [7, 11) is 0. The van der Waals surface area contributed by atoms with E-state index in [1.807, 2.05) is 48.7 Å². The van der Waals surface area contributed by atoms with Crippen molar-refractivity contribution in [3.63, 3.8) is 0 Å². The fourth-order valence-electron chi connectivity index (χ4n) is 2.20. The summed E-state index contributed by atoms with van der Waals surface area (Å²) in [4.78, 5) is 4.41. The molecule has 0 aliphatic carbocycles. The zero-order valence-electron chi connectivity index (χ0n) is 10.5. The van der Waals surface area contributed by atoms with Crippen LogP contribution in [0.1, 0.15) is 17.1 Å². The van der Waals surface area contributed by atoms with E-state index in [0.29, 0.717) is 12.5 Å². The van der Waals surface area contributed by atoms with Gasteiger partial charge in [0.2, 0.25) is 5.95 Å². The quantitative estimate of drug-likeness (QED) is 0.750. The molecule has 0 bridgehead atoms. The predicted molar refractivity (Wildman–Crippen MR) is 71.4 cm³/mol. The number of aromatic nitrogens is 2. The number of fused-ring (bicyclic) bond motifs is 1. The lowest BCUT2D eigenvalue weighted by Crippen LogP contribution is -2.03. The predicted octanol–water partition coefficient (Wildman–Crippen LogP) is 2.88. The Balaban J connectivity index is 2.11. The molecule has 0 unspecified atom stereocenters. The van der Waals surface area contributed by atoms with Crippen LogP contribution in [0, 0.1) is 13.8 Å². The zero-order chi connectivity index (χ0) is 12.7. The molecule has 0 radical (unpaired) electrons. The van der Waals surface area contributed by atoms with Crippen LogP contribution in [0.15, 0.2) is 34.7 Å². The number of para-hydroxylation sites is 1. The van der Waals surface area contributed by atoms with Crippen LogP contribution in [-0.4, -0.2) is 9.55 Å².